The van der Waals surface area contributed by atoms with Gasteiger partial charge in [-0.05, 0) is 55.4 Å². The van der Waals surface area contributed by atoms with Gasteiger partial charge in [0.05, 0.1) is 30.8 Å². The van der Waals surface area contributed by atoms with Gasteiger partial charge in [-0.1, -0.05) is 54.9 Å². The van der Waals surface area contributed by atoms with Gasteiger partial charge < -0.3 is 15.0 Å². The van der Waals surface area contributed by atoms with E-state index in [-0.39, 0.29) is 24.3 Å². The number of amidine groups is 1. The number of aliphatic imine (C=N–C) groups is 1. The lowest BCUT2D eigenvalue weighted by Gasteiger charge is -2.36. The van der Waals surface area contributed by atoms with E-state index in [1.54, 1.807) is 0 Å². The Morgan fingerprint density at radius 3 is 2.79 bits per heavy atom. The van der Waals surface area contributed by atoms with Crippen LogP contribution in [-0.4, -0.2) is 35.1 Å². The first-order chi connectivity index (χ1) is 16.0. The third-order valence-corrected chi connectivity index (χ3v) is 8.30. The number of nitrogens with one attached hydrogen (secondary N) is 1. The molecule has 6 nitrogen and oxygen atoms in total. The third kappa shape index (κ3) is 4.12. The molecule has 0 radical (unpaired) electrons. The summed E-state index contributed by atoms with van der Waals surface area (Å²) >= 11 is 1.52. The van der Waals surface area contributed by atoms with Gasteiger partial charge in [0.15, 0.2) is 5.17 Å². The van der Waals surface area contributed by atoms with E-state index in [9.17, 15) is 9.59 Å². The Morgan fingerprint density at radius 2 is 2.12 bits per heavy atom. The minimum atomic E-state index is -0.371. The van der Waals surface area contributed by atoms with Crippen LogP contribution in [0.5, 0.6) is 0 Å². The van der Waals surface area contributed by atoms with Crippen LogP contribution in [0.4, 0.5) is 0 Å². The highest BCUT2D eigenvalue weighted by Crippen LogP contribution is 2.46. The van der Waals surface area contributed by atoms with Crippen LogP contribution in [0.2, 0.25) is 0 Å². The maximum atomic E-state index is 13.1. The van der Waals surface area contributed by atoms with Crippen molar-refractivity contribution in [1.82, 2.24) is 10.2 Å². The van der Waals surface area contributed by atoms with Crippen LogP contribution >= 0.6 is 11.8 Å². The second-order valence-corrected chi connectivity index (χ2v) is 10.4. The highest BCUT2D eigenvalue weighted by molar-refractivity contribution is 8.16. The Balaban J connectivity index is 1.44. The van der Waals surface area contributed by atoms with E-state index in [0.717, 1.165) is 40.0 Å². The number of aryl methyl sites for hydroxylation is 1. The van der Waals surface area contributed by atoms with Crippen molar-refractivity contribution in [2.45, 2.75) is 64.5 Å². The van der Waals surface area contributed by atoms with E-state index >= 15 is 0 Å². The van der Waals surface area contributed by atoms with Crippen molar-refractivity contribution in [3.05, 3.63) is 57.8 Å². The third-order valence-electron chi connectivity index (χ3n) is 7.41. The fourth-order valence-electron chi connectivity index (χ4n) is 5.91. The predicted octanol–water partition coefficient (Wildman–Crippen LogP) is 4.83. The number of esters is 1. The second kappa shape index (κ2) is 9.01. The molecule has 4 aliphatic rings. The topological polar surface area (TPSA) is 71.0 Å². The molecule has 0 saturated heterocycles. The molecule has 33 heavy (non-hydrogen) atoms. The van der Waals surface area contributed by atoms with Gasteiger partial charge in [-0.25, -0.2) is 9.79 Å². The summed E-state index contributed by atoms with van der Waals surface area (Å²) in [5.41, 5.74) is 4.29. The molecule has 1 amide bonds. The van der Waals surface area contributed by atoms with Gasteiger partial charge in [-0.15, -0.1) is 0 Å². The number of benzene rings is 1. The first-order valence-corrected chi connectivity index (χ1v) is 12.8. The summed E-state index contributed by atoms with van der Waals surface area (Å²) in [6.45, 7) is 4.05. The molecule has 2 aliphatic heterocycles. The van der Waals surface area contributed by atoms with E-state index in [4.69, 9.17) is 9.73 Å². The highest BCUT2D eigenvalue weighted by atomic mass is 32.2. The fourth-order valence-corrected chi connectivity index (χ4v) is 6.85. The van der Waals surface area contributed by atoms with Gasteiger partial charge in [0.2, 0.25) is 5.91 Å². The lowest BCUT2D eigenvalue weighted by molar-refractivity contribution is -0.136. The number of hydrogen-bond acceptors (Lipinski definition) is 6. The number of nitrogens with zero attached hydrogens (tertiary/aromatic N) is 2. The summed E-state index contributed by atoms with van der Waals surface area (Å²) in [6.07, 6.45) is 5.83. The predicted molar refractivity (Wildman–Crippen MR) is 130 cm³/mol. The molecular formula is C26H31N3O3S. The Labute approximate surface area is 199 Å². The molecule has 2 heterocycles. The van der Waals surface area contributed by atoms with Crippen molar-refractivity contribution in [2.24, 2.45) is 16.8 Å². The van der Waals surface area contributed by atoms with Crippen molar-refractivity contribution >= 4 is 28.8 Å². The number of methoxy groups -OCH3 is 1. The summed E-state index contributed by atoms with van der Waals surface area (Å²) in [5.74, 6) is 1.10. The number of hydrogen-bond donors (Lipinski definition) is 1. The lowest BCUT2D eigenvalue weighted by atomic mass is 9.92. The number of carbonyl (C=O) groups excluding carboxylic acids is 2. The Hall–Kier alpha value is -2.54. The standard InChI is InChI=1S/C26H31N3O3S/c1-4-20-23(25(31)32-3)24(18-7-5-6-15(2)10-18)29-19(14-33-26(29)28-20)13-22(30)27-21-12-16-8-9-17(21)11-16/h5-7,10,14,16-17,21,24H,4,8-9,11-13H2,1-3H3,(H,27,30)/t16-,17-,21-,24+/m0/s1. The van der Waals surface area contributed by atoms with Crippen molar-refractivity contribution in [1.29, 1.82) is 0 Å². The van der Waals surface area contributed by atoms with Gasteiger partial charge in [-0.2, -0.15) is 0 Å². The van der Waals surface area contributed by atoms with Crippen molar-refractivity contribution in [3.8, 4) is 0 Å². The molecule has 2 aliphatic carbocycles. The molecule has 0 spiro atoms. The van der Waals surface area contributed by atoms with Crippen LogP contribution in [0.15, 0.2) is 51.6 Å². The normalized spacial score (nSPS) is 27.9. The van der Waals surface area contributed by atoms with E-state index in [0.29, 0.717) is 24.0 Å². The van der Waals surface area contributed by atoms with Crippen molar-refractivity contribution in [2.75, 3.05) is 7.11 Å². The zero-order valence-corrected chi connectivity index (χ0v) is 20.3. The molecule has 0 aromatic heterocycles. The zero-order valence-electron chi connectivity index (χ0n) is 19.5. The summed E-state index contributed by atoms with van der Waals surface area (Å²) < 4.78 is 5.19. The summed E-state index contributed by atoms with van der Waals surface area (Å²) in [7, 11) is 1.41. The van der Waals surface area contributed by atoms with Crippen molar-refractivity contribution < 1.29 is 14.3 Å². The second-order valence-electron chi connectivity index (χ2n) is 9.54. The molecule has 4 atom stereocenters. The number of ether oxygens (including phenoxy) is 1. The molecule has 1 N–H and O–H groups in total. The largest absolute Gasteiger partial charge is 0.466 e. The molecule has 1 aromatic carbocycles. The van der Waals surface area contributed by atoms with Crippen LogP contribution in [0.3, 0.4) is 0 Å². The molecule has 1 aromatic rings. The van der Waals surface area contributed by atoms with E-state index in [1.807, 2.05) is 37.5 Å². The molecule has 2 saturated carbocycles. The Kier molecular flexibility index (Phi) is 6.08. The number of amides is 1. The summed E-state index contributed by atoms with van der Waals surface area (Å²) in [4.78, 5) is 32.9. The summed E-state index contributed by atoms with van der Waals surface area (Å²) in [6, 6.07) is 8.13. The van der Waals surface area contributed by atoms with Crippen LogP contribution in [-0.2, 0) is 14.3 Å². The molecule has 2 bridgehead atoms. The minimum absolute atomic E-state index is 0.0496. The lowest BCUT2D eigenvalue weighted by Crippen LogP contribution is -2.41. The number of allylic oxidation sites excluding steroid dienone is 1. The number of fused-ring (bicyclic) bond motifs is 3. The smallest absolute Gasteiger partial charge is 0.338 e. The van der Waals surface area contributed by atoms with Gasteiger partial charge in [0.25, 0.3) is 0 Å². The maximum Gasteiger partial charge on any atom is 0.338 e. The molecule has 174 valence electrons. The minimum Gasteiger partial charge on any atom is -0.466 e. The molecule has 7 heteroatoms. The quantitative estimate of drug-likeness (QED) is 0.610. The van der Waals surface area contributed by atoms with Gasteiger partial charge in [-0.3, -0.25) is 4.79 Å². The molecule has 0 unspecified atom stereocenters. The van der Waals surface area contributed by atoms with E-state index < -0.39 is 0 Å². The molecular weight excluding hydrogens is 434 g/mol. The highest BCUT2D eigenvalue weighted by Gasteiger charge is 2.43. The Bertz CT molecular complexity index is 1080. The number of rotatable bonds is 6. The van der Waals surface area contributed by atoms with Crippen LogP contribution in [0, 0.1) is 18.8 Å². The average molecular weight is 466 g/mol. The maximum absolute atomic E-state index is 13.1. The van der Waals surface area contributed by atoms with Crippen LogP contribution < -0.4 is 5.32 Å². The van der Waals surface area contributed by atoms with Crippen LogP contribution in [0.25, 0.3) is 0 Å². The number of thioether (sulfide) groups is 1. The monoisotopic (exact) mass is 465 g/mol. The molecule has 2 fully saturated rings. The first-order valence-electron chi connectivity index (χ1n) is 11.9. The zero-order chi connectivity index (χ0) is 23.1. The van der Waals surface area contributed by atoms with Crippen molar-refractivity contribution in [3.63, 3.8) is 0 Å². The van der Waals surface area contributed by atoms with Gasteiger partial charge in [0.1, 0.15) is 0 Å². The molecule has 5 rings (SSSR count). The van der Waals surface area contributed by atoms with Crippen LogP contribution in [0.1, 0.15) is 62.6 Å². The van der Waals surface area contributed by atoms with E-state index in [1.165, 1.54) is 38.1 Å². The summed E-state index contributed by atoms with van der Waals surface area (Å²) in [5, 5.41) is 6.13. The number of carbonyl (C=O) groups is 2. The van der Waals surface area contributed by atoms with E-state index in [2.05, 4.69) is 16.3 Å². The van der Waals surface area contributed by atoms with Gasteiger partial charge in [0, 0.05) is 11.7 Å². The van der Waals surface area contributed by atoms with Gasteiger partial charge >= 0.3 is 5.97 Å². The Morgan fingerprint density at radius 1 is 1.27 bits per heavy atom. The fraction of sp³-hybridized carbons (Fsp3) is 0.500. The SMILES string of the molecule is CCC1=C(C(=O)OC)[C@@H](c2cccc(C)c2)N2C(CC(=O)N[C@H]3C[C@H]4CC[C@H]3C4)=CSC2=N1. The first kappa shape index (κ1) is 22.3. The average Bonchev–Trinajstić information content (AvgIpc) is 3.53.